The molecule has 260 valence electrons. The van der Waals surface area contributed by atoms with Crippen LogP contribution in [0, 0.1) is 0 Å². The van der Waals surface area contributed by atoms with E-state index in [0.29, 0.717) is 17.5 Å². The number of nitrogens with zero attached hydrogens (tertiary/aromatic N) is 3. The fourth-order valence-electron chi connectivity index (χ4n) is 8.47. The van der Waals surface area contributed by atoms with Crippen LogP contribution in [0.3, 0.4) is 0 Å². The predicted molar refractivity (Wildman–Crippen MR) is 235 cm³/mol. The third-order valence-electron chi connectivity index (χ3n) is 11.1. The van der Waals surface area contributed by atoms with E-state index in [4.69, 9.17) is 15.0 Å². The van der Waals surface area contributed by atoms with E-state index in [1.54, 1.807) is 0 Å². The third kappa shape index (κ3) is 5.32. The van der Waals surface area contributed by atoms with E-state index in [1.807, 2.05) is 18.2 Å². The van der Waals surface area contributed by atoms with Crippen LogP contribution in [0.4, 0.5) is 0 Å². The van der Waals surface area contributed by atoms with E-state index in [-0.39, 0.29) is 0 Å². The average Bonchev–Trinajstić information content (AvgIpc) is 3.28. The number of rotatable bonds is 5. The van der Waals surface area contributed by atoms with Crippen LogP contribution in [0.5, 0.6) is 0 Å². The Labute approximate surface area is 324 Å². The number of hydrogen-bond acceptors (Lipinski definition) is 3. The van der Waals surface area contributed by atoms with Crippen LogP contribution in [0.2, 0.25) is 0 Å². The molecule has 3 nitrogen and oxygen atoms in total. The molecular weight excluding hydrogens is 679 g/mol. The molecule has 0 atom stereocenters. The zero-order valence-corrected chi connectivity index (χ0v) is 30.4. The summed E-state index contributed by atoms with van der Waals surface area (Å²) in [5, 5.41) is 12.1. The van der Waals surface area contributed by atoms with Gasteiger partial charge < -0.3 is 0 Å². The van der Waals surface area contributed by atoms with Crippen LogP contribution in [-0.2, 0) is 0 Å². The summed E-state index contributed by atoms with van der Waals surface area (Å²) in [6.07, 6.45) is 0. The molecule has 0 aliphatic carbocycles. The Kier molecular flexibility index (Phi) is 7.49. The standard InChI is InChI=1S/C53H33N3/c1-2-16-36(17-3-1)51-54-52(39-21-12-20-37(32-39)42-27-13-19-34-14-4-7-22-40(34)42)56-53(55-51)48-31-30-46(44-25-10-11-26-45(44)48)50-43-24-9-6-18-38(43)33-49-41-23-8-5-15-35(41)28-29-47(49)50/h1-33H. The van der Waals surface area contributed by atoms with Gasteiger partial charge >= 0.3 is 0 Å². The topological polar surface area (TPSA) is 38.7 Å². The van der Waals surface area contributed by atoms with Crippen molar-refractivity contribution in [2.45, 2.75) is 0 Å². The first-order valence-electron chi connectivity index (χ1n) is 19.0. The highest BCUT2D eigenvalue weighted by Crippen LogP contribution is 2.43. The highest BCUT2D eigenvalue weighted by molar-refractivity contribution is 6.23. The lowest BCUT2D eigenvalue weighted by Gasteiger charge is -2.17. The van der Waals surface area contributed by atoms with Gasteiger partial charge in [0.2, 0.25) is 0 Å². The number of benzene rings is 10. The lowest BCUT2D eigenvalue weighted by Crippen LogP contribution is -2.01. The molecule has 0 aliphatic heterocycles. The lowest BCUT2D eigenvalue weighted by atomic mass is 9.87. The maximum Gasteiger partial charge on any atom is 0.164 e. The van der Waals surface area contributed by atoms with E-state index in [0.717, 1.165) is 33.0 Å². The summed E-state index contributed by atoms with van der Waals surface area (Å²) in [5.41, 5.74) is 7.56. The smallest absolute Gasteiger partial charge is 0.164 e. The normalized spacial score (nSPS) is 11.6. The van der Waals surface area contributed by atoms with Gasteiger partial charge in [-0.15, -0.1) is 0 Å². The van der Waals surface area contributed by atoms with E-state index in [1.165, 1.54) is 59.8 Å². The lowest BCUT2D eigenvalue weighted by molar-refractivity contribution is 1.08. The van der Waals surface area contributed by atoms with Gasteiger partial charge in [0.1, 0.15) is 0 Å². The second-order valence-corrected chi connectivity index (χ2v) is 14.3. The van der Waals surface area contributed by atoms with Crippen molar-refractivity contribution in [2.24, 2.45) is 0 Å². The monoisotopic (exact) mass is 711 g/mol. The summed E-state index contributed by atoms with van der Waals surface area (Å²) in [6.45, 7) is 0. The molecule has 0 saturated heterocycles. The highest BCUT2D eigenvalue weighted by atomic mass is 15.0. The first-order valence-corrected chi connectivity index (χ1v) is 19.0. The van der Waals surface area contributed by atoms with Crippen LogP contribution in [-0.4, -0.2) is 15.0 Å². The minimum atomic E-state index is 0.635. The Morgan fingerprint density at radius 3 is 1.57 bits per heavy atom. The molecule has 0 unspecified atom stereocenters. The van der Waals surface area contributed by atoms with E-state index in [2.05, 4.69) is 182 Å². The van der Waals surface area contributed by atoms with Crippen molar-refractivity contribution in [3.63, 3.8) is 0 Å². The Hall–Kier alpha value is -7.49. The molecule has 0 saturated carbocycles. The van der Waals surface area contributed by atoms with E-state index < -0.39 is 0 Å². The van der Waals surface area contributed by atoms with E-state index >= 15 is 0 Å². The molecule has 1 heterocycles. The molecule has 11 rings (SSSR count). The summed E-state index contributed by atoms with van der Waals surface area (Å²) in [5.74, 6) is 1.92. The fraction of sp³-hybridized carbons (Fsp3) is 0. The number of aromatic nitrogens is 3. The molecule has 0 radical (unpaired) electrons. The SMILES string of the molecule is c1ccc(-c2nc(-c3cccc(-c4cccc5ccccc45)c3)nc(-c3ccc(-c4c5ccccc5cc5c4ccc4ccccc45)c4ccccc34)n2)cc1. The number of fused-ring (bicyclic) bond motifs is 6. The zero-order valence-electron chi connectivity index (χ0n) is 30.4. The summed E-state index contributed by atoms with van der Waals surface area (Å²) in [4.78, 5) is 15.6. The first-order chi connectivity index (χ1) is 27.8. The molecule has 56 heavy (non-hydrogen) atoms. The largest absolute Gasteiger partial charge is 0.208 e. The van der Waals surface area contributed by atoms with Gasteiger partial charge in [-0.1, -0.05) is 182 Å². The third-order valence-corrected chi connectivity index (χ3v) is 11.1. The quantitative estimate of drug-likeness (QED) is 0.132. The molecule has 3 heteroatoms. The molecule has 0 aliphatic rings. The Morgan fingerprint density at radius 2 is 0.768 bits per heavy atom. The van der Waals surface area contributed by atoms with Gasteiger partial charge in [-0.3, -0.25) is 0 Å². The van der Waals surface area contributed by atoms with Gasteiger partial charge in [0, 0.05) is 16.7 Å². The molecule has 0 bridgehead atoms. The van der Waals surface area contributed by atoms with Gasteiger partial charge in [0.25, 0.3) is 0 Å². The van der Waals surface area contributed by atoms with Gasteiger partial charge in [-0.05, 0) is 94.3 Å². The minimum Gasteiger partial charge on any atom is -0.208 e. The second kappa shape index (κ2) is 13.1. The minimum absolute atomic E-state index is 0.635. The summed E-state index contributed by atoms with van der Waals surface area (Å²) < 4.78 is 0. The summed E-state index contributed by atoms with van der Waals surface area (Å²) in [7, 11) is 0. The molecule has 1 aromatic heterocycles. The fourth-order valence-corrected chi connectivity index (χ4v) is 8.47. The summed E-state index contributed by atoms with van der Waals surface area (Å²) in [6, 6.07) is 71.2. The van der Waals surface area contributed by atoms with Gasteiger partial charge in [0.05, 0.1) is 0 Å². The Bertz CT molecular complexity index is 3310. The van der Waals surface area contributed by atoms with Gasteiger partial charge in [-0.25, -0.2) is 15.0 Å². The second-order valence-electron chi connectivity index (χ2n) is 14.3. The van der Waals surface area contributed by atoms with Crippen LogP contribution in [0.1, 0.15) is 0 Å². The van der Waals surface area contributed by atoms with Crippen molar-refractivity contribution < 1.29 is 0 Å². The van der Waals surface area contributed by atoms with Crippen LogP contribution >= 0.6 is 0 Å². The van der Waals surface area contributed by atoms with Crippen molar-refractivity contribution >= 4 is 53.9 Å². The van der Waals surface area contributed by atoms with Crippen LogP contribution in [0.25, 0.3) is 110 Å². The van der Waals surface area contributed by atoms with Crippen molar-refractivity contribution in [3.8, 4) is 56.4 Å². The van der Waals surface area contributed by atoms with Crippen molar-refractivity contribution in [1.82, 2.24) is 15.0 Å². The van der Waals surface area contributed by atoms with Crippen molar-refractivity contribution in [1.29, 1.82) is 0 Å². The molecule has 10 aromatic carbocycles. The average molecular weight is 712 g/mol. The molecule has 0 N–H and O–H groups in total. The molecule has 11 aromatic rings. The highest BCUT2D eigenvalue weighted by Gasteiger charge is 2.19. The van der Waals surface area contributed by atoms with E-state index in [9.17, 15) is 0 Å². The zero-order chi connectivity index (χ0) is 37.0. The van der Waals surface area contributed by atoms with Crippen LogP contribution < -0.4 is 0 Å². The Balaban J connectivity index is 1.13. The first kappa shape index (κ1) is 32.0. The van der Waals surface area contributed by atoms with Crippen molar-refractivity contribution in [2.75, 3.05) is 0 Å². The van der Waals surface area contributed by atoms with Gasteiger partial charge in [0.15, 0.2) is 17.5 Å². The summed E-state index contributed by atoms with van der Waals surface area (Å²) >= 11 is 0. The molecule has 0 amide bonds. The molecule has 0 spiro atoms. The van der Waals surface area contributed by atoms with Gasteiger partial charge in [-0.2, -0.15) is 0 Å². The Morgan fingerprint density at radius 1 is 0.232 bits per heavy atom. The predicted octanol–water partition coefficient (Wildman–Crippen LogP) is 14.0. The maximum absolute atomic E-state index is 5.26. The van der Waals surface area contributed by atoms with Crippen LogP contribution in [0.15, 0.2) is 200 Å². The number of hydrogen-bond donors (Lipinski definition) is 0. The maximum atomic E-state index is 5.26. The molecular formula is C53H33N3. The molecule has 0 fully saturated rings. The van der Waals surface area contributed by atoms with Crippen molar-refractivity contribution in [3.05, 3.63) is 200 Å².